The number of hydrogen-bond acceptors (Lipinski definition) is 4. The van der Waals surface area contributed by atoms with Crippen LogP contribution in [0.15, 0.2) is 36.7 Å². The van der Waals surface area contributed by atoms with Gasteiger partial charge in [0.05, 0.1) is 12.4 Å². The Morgan fingerprint density at radius 1 is 1.29 bits per heavy atom. The van der Waals surface area contributed by atoms with Crippen LogP contribution < -0.4 is 11.1 Å². The van der Waals surface area contributed by atoms with Gasteiger partial charge in [-0.3, -0.25) is 4.79 Å². The van der Waals surface area contributed by atoms with E-state index < -0.39 is 11.7 Å². The van der Waals surface area contributed by atoms with Crippen molar-refractivity contribution in [1.82, 2.24) is 9.97 Å². The minimum atomic E-state index is -0.469. The maximum atomic E-state index is 12.9. The van der Waals surface area contributed by atoms with Gasteiger partial charge >= 0.3 is 0 Å². The van der Waals surface area contributed by atoms with Crippen molar-refractivity contribution < 1.29 is 9.18 Å². The van der Waals surface area contributed by atoms with Gasteiger partial charge in [-0.1, -0.05) is 6.07 Å². The van der Waals surface area contributed by atoms with Crippen molar-refractivity contribution in [3.05, 3.63) is 48.2 Å². The molecule has 0 fully saturated rings. The van der Waals surface area contributed by atoms with Crippen molar-refractivity contribution in [3.8, 4) is 0 Å². The predicted octanol–water partition coefficient (Wildman–Crippen LogP) is 1.45. The number of nitrogens with one attached hydrogen (secondary N) is 1. The Morgan fingerprint density at radius 2 is 2.12 bits per heavy atom. The number of nitrogens with two attached hydrogens (primary N) is 1. The molecule has 2 rings (SSSR count). The van der Waals surface area contributed by atoms with E-state index in [1.807, 2.05) is 0 Å². The summed E-state index contributed by atoms with van der Waals surface area (Å²) in [5.74, 6) is -0.665. The standard InChI is InChI=1S/C11H9FN4O/c12-7-2-1-3-8(4-7)16-11(17)9-5-15-10(13)6-14-9/h1-6H,(H2,13,15)(H,16,17). The van der Waals surface area contributed by atoms with Gasteiger partial charge in [-0.2, -0.15) is 0 Å². The second-order valence-electron chi connectivity index (χ2n) is 3.29. The van der Waals surface area contributed by atoms with Crippen LogP contribution in [0.25, 0.3) is 0 Å². The Labute approximate surface area is 96.5 Å². The number of amides is 1. The van der Waals surface area contributed by atoms with Crippen LogP contribution >= 0.6 is 0 Å². The van der Waals surface area contributed by atoms with Crippen molar-refractivity contribution in [1.29, 1.82) is 0 Å². The van der Waals surface area contributed by atoms with Gasteiger partial charge in [-0.15, -0.1) is 0 Å². The summed E-state index contributed by atoms with van der Waals surface area (Å²) < 4.78 is 12.9. The van der Waals surface area contributed by atoms with Gasteiger partial charge in [0.25, 0.3) is 5.91 Å². The summed E-state index contributed by atoms with van der Waals surface area (Å²) in [4.78, 5) is 19.2. The molecule has 0 saturated heterocycles. The number of hydrogen-bond donors (Lipinski definition) is 2. The summed E-state index contributed by atoms with van der Waals surface area (Å²) in [7, 11) is 0. The number of nitrogens with zero attached hydrogens (tertiary/aromatic N) is 2. The van der Waals surface area contributed by atoms with E-state index in [1.54, 1.807) is 6.07 Å². The fourth-order valence-corrected chi connectivity index (χ4v) is 1.22. The number of nitrogen functional groups attached to an aromatic ring is 1. The lowest BCUT2D eigenvalue weighted by Crippen LogP contribution is -2.14. The highest BCUT2D eigenvalue weighted by molar-refractivity contribution is 6.02. The predicted molar refractivity (Wildman–Crippen MR) is 60.8 cm³/mol. The molecule has 0 aliphatic heterocycles. The number of carbonyl (C=O) groups is 1. The van der Waals surface area contributed by atoms with Gasteiger partial charge in [0, 0.05) is 5.69 Å². The first-order valence-corrected chi connectivity index (χ1v) is 4.79. The first-order valence-electron chi connectivity index (χ1n) is 4.79. The quantitative estimate of drug-likeness (QED) is 0.821. The molecule has 1 amide bonds. The monoisotopic (exact) mass is 232 g/mol. The number of halogens is 1. The molecule has 0 aliphatic rings. The van der Waals surface area contributed by atoms with Gasteiger partial charge in [0.1, 0.15) is 17.3 Å². The number of carbonyl (C=O) groups excluding carboxylic acids is 1. The summed E-state index contributed by atoms with van der Waals surface area (Å²) in [5.41, 5.74) is 5.81. The highest BCUT2D eigenvalue weighted by Crippen LogP contribution is 2.10. The largest absolute Gasteiger partial charge is 0.382 e. The van der Waals surface area contributed by atoms with E-state index in [0.29, 0.717) is 5.69 Å². The fourth-order valence-electron chi connectivity index (χ4n) is 1.22. The van der Waals surface area contributed by atoms with Crippen LogP contribution in [-0.4, -0.2) is 15.9 Å². The number of anilines is 2. The summed E-state index contributed by atoms with van der Waals surface area (Å²) in [6.45, 7) is 0. The van der Waals surface area contributed by atoms with Crippen molar-refractivity contribution >= 4 is 17.4 Å². The van der Waals surface area contributed by atoms with Gasteiger partial charge in [-0.25, -0.2) is 14.4 Å². The van der Waals surface area contributed by atoms with E-state index in [9.17, 15) is 9.18 Å². The van der Waals surface area contributed by atoms with Crippen LogP contribution in [-0.2, 0) is 0 Å². The summed E-state index contributed by atoms with van der Waals surface area (Å²) in [6.07, 6.45) is 2.53. The van der Waals surface area contributed by atoms with Gasteiger partial charge in [0.2, 0.25) is 0 Å². The lowest BCUT2D eigenvalue weighted by atomic mass is 10.3. The van der Waals surface area contributed by atoms with E-state index in [2.05, 4.69) is 15.3 Å². The van der Waals surface area contributed by atoms with Crippen LogP contribution in [0.3, 0.4) is 0 Å². The molecule has 1 aromatic carbocycles. The molecule has 3 N–H and O–H groups in total. The second kappa shape index (κ2) is 4.56. The van der Waals surface area contributed by atoms with Gasteiger partial charge in [0.15, 0.2) is 0 Å². The normalized spacial score (nSPS) is 9.94. The molecule has 17 heavy (non-hydrogen) atoms. The van der Waals surface area contributed by atoms with E-state index in [1.165, 1.54) is 30.6 Å². The average molecular weight is 232 g/mol. The van der Waals surface area contributed by atoms with Crippen molar-refractivity contribution in [2.75, 3.05) is 11.1 Å². The highest BCUT2D eigenvalue weighted by atomic mass is 19.1. The fraction of sp³-hybridized carbons (Fsp3) is 0. The zero-order valence-electron chi connectivity index (χ0n) is 8.72. The van der Waals surface area contributed by atoms with Gasteiger partial charge in [-0.05, 0) is 18.2 Å². The molecular formula is C11H9FN4O. The molecule has 0 bridgehead atoms. The summed E-state index contributed by atoms with van der Waals surface area (Å²) in [5, 5.41) is 2.50. The number of aromatic nitrogens is 2. The van der Waals surface area contributed by atoms with Crippen LogP contribution in [0.1, 0.15) is 10.5 Å². The van der Waals surface area contributed by atoms with E-state index in [0.717, 1.165) is 0 Å². The third kappa shape index (κ3) is 2.75. The van der Waals surface area contributed by atoms with Crippen molar-refractivity contribution in [2.24, 2.45) is 0 Å². The highest BCUT2D eigenvalue weighted by Gasteiger charge is 2.08. The maximum Gasteiger partial charge on any atom is 0.275 e. The minimum Gasteiger partial charge on any atom is -0.382 e. The number of benzene rings is 1. The van der Waals surface area contributed by atoms with Gasteiger partial charge < -0.3 is 11.1 Å². The van der Waals surface area contributed by atoms with Crippen LogP contribution in [0.5, 0.6) is 0 Å². The molecule has 2 aromatic rings. The first kappa shape index (κ1) is 11.0. The molecule has 5 nitrogen and oxygen atoms in total. The Bertz CT molecular complexity index is 541. The third-order valence-electron chi connectivity index (χ3n) is 1.99. The molecule has 0 saturated carbocycles. The maximum absolute atomic E-state index is 12.9. The molecule has 6 heteroatoms. The zero-order valence-corrected chi connectivity index (χ0v) is 8.72. The molecule has 0 atom stereocenters. The Kier molecular flexibility index (Phi) is 2.95. The zero-order chi connectivity index (χ0) is 12.3. The summed E-state index contributed by atoms with van der Waals surface area (Å²) >= 11 is 0. The SMILES string of the molecule is Nc1cnc(C(=O)Nc2cccc(F)c2)cn1. The van der Waals surface area contributed by atoms with E-state index >= 15 is 0 Å². The van der Waals surface area contributed by atoms with Crippen molar-refractivity contribution in [3.63, 3.8) is 0 Å². The van der Waals surface area contributed by atoms with Crippen LogP contribution in [0, 0.1) is 5.82 Å². The Balaban J connectivity index is 2.14. The average Bonchev–Trinajstić information content (AvgIpc) is 2.29. The topological polar surface area (TPSA) is 80.9 Å². The molecular weight excluding hydrogens is 223 g/mol. The smallest absolute Gasteiger partial charge is 0.275 e. The third-order valence-corrected chi connectivity index (χ3v) is 1.99. The number of rotatable bonds is 2. The van der Waals surface area contributed by atoms with Crippen LogP contribution in [0.4, 0.5) is 15.9 Å². The molecule has 86 valence electrons. The van der Waals surface area contributed by atoms with E-state index in [-0.39, 0.29) is 11.5 Å². The lowest BCUT2D eigenvalue weighted by molar-refractivity contribution is 0.102. The first-order chi connectivity index (χ1) is 8.15. The molecule has 1 aromatic heterocycles. The minimum absolute atomic E-state index is 0.114. The van der Waals surface area contributed by atoms with Crippen molar-refractivity contribution in [2.45, 2.75) is 0 Å². The lowest BCUT2D eigenvalue weighted by Gasteiger charge is -2.04. The summed E-state index contributed by atoms with van der Waals surface area (Å²) in [6, 6.07) is 5.58. The van der Waals surface area contributed by atoms with E-state index in [4.69, 9.17) is 5.73 Å². The molecule has 0 unspecified atom stereocenters. The molecule has 0 spiro atoms. The Morgan fingerprint density at radius 3 is 2.76 bits per heavy atom. The molecule has 1 heterocycles. The second-order valence-corrected chi connectivity index (χ2v) is 3.29. The van der Waals surface area contributed by atoms with Crippen LogP contribution in [0.2, 0.25) is 0 Å². The Hall–Kier alpha value is -2.50. The molecule has 0 aliphatic carbocycles. The molecule has 0 radical (unpaired) electrons.